The zero-order valence-corrected chi connectivity index (χ0v) is 12.7. The van der Waals surface area contributed by atoms with E-state index in [4.69, 9.17) is 0 Å². The lowest BCUT2D eigenvalue weighted by atomic mass is 10.2. The van der Waals surface area contributed by atoms with Gasteiger partial charge in [-0.15, -0.1) is 0 Å². The molecular weight excluding hydrogens is 324 g/mol. The molecule has 0 atom stereocenters. The first-order chi connectivity index (χ1) is 9.41. The molecule has 0 aliphatic rings. The molecule has 2 aromatic rings. The molecule has 6 heteroatoms. The van der Waals surface area contributed by atoms with Crippen LogP contribution in [0.2, 0.25) is 0 Å². The van der Waals surface area contributed by atoms with Crippen molar-refractivity contribution in [2.24, 2.45) is 7.05 Å². The van der Waals surface area contributed by atoms with Crippen molar-refractivity contribution in [2.75, 3.05) is 0 Å². The number of rotatable bonds is 3. The largest absolute Gasteiger partial charge is 0.331 e. The first kappa shape index (κ1) is 14.5. The molecule has 1 heterocycles. The van der Waals surface area contributed by atoms with Gasteiger partial charge in [-0.25, -0.2) is 4.79 Å². The SMILES string of the molecule is CC(=O)c1cn(Cc2ccccc2Br)c(=O)n(C)c1=O. The monoisotopic (exact) mass is 336 g/mol. The molecule has 1 aromatic heterocycles. The molecule has 104 valence electrons. The fourth-order valence-electron chi connectivity index (χ4n) is 1.89. The molecule has 0 amide bonds. The van der Waals surface area contributed by atoms with Crippen molar-refractivity contribution in [2.45, 2.75) is 13.5 Å². The van der Waals surface area contributed by atoms with Crippen LogP contribution in [0.3, 0.4) is 0 Å². The Morgan fingerprint density at radius 2 is 1.90 bits per heavy atom. The first-order valence-corrected chi connectivity index (χ1v) is 6.76. The summed E-state index contributed by atoms with van der Waals surface area (Å²) in [5, 5.41) is 0. The van der Waals surface area contributed by atoms with Crippen molar-refractivity contribution in [3.05, 3.63) is 66.9 Å². The van der Waals surface area contributed by atoms with Crippen molar-refractivity contribution >= 4 is 21.7 Å². The topological polar surface area (TPSA) is 61.1 Å². The number of hydrogen-bond donors (Lipinski definition) is 0. The lowest BCUT2D eigenvalue weighted by Gasteiger charge is -2.10. The molecule has 0 saturated heterocycles. The fraction of sp³-hybridized carbons (Fsp3) is 0.214. The number of hydrogen-bond acceptors (Lipinski definition) is 3. The van der Waals surface area contributed by atoms with E-state index in [2.05, 4.69) is 15.9 Å². The molecule has 5 nitrogen and oxygen atoms in total. The average molecular weight is 337 g/mol. The lowest BCUT2D eigenvalue weighted by molar-refractivity contribution is 0.101. The summed E-state index contributed by atoms with van der Waals surface area (Å²) >= 11 is 3.41. The van der Waals surface area contributed by atoms with Crippen LogP contribution in [0.25, 0.3) is 0 Å². The minimum Gasteiger partial charge on any atom is -0.295 e. The van der Waals surface area contributed by atoms with Gasteiger partial charge >= 0.3 is 5.69 Å². The second-order valence-corrected chi connectivity index (χ2v) is 5.32. The Balaban J connectivity index is 2.59. The summed E-state index contributed by atoms with van der Waals surface area (Å²) in [6.07, 6.45) is 1.33. The summed E-state index contributed by atoms with van der Waals surface area (Å²) in [7, 11) is 1.37. The van der Waals surface area contributed by atoms with Crippen LogP contribution in [0, 0.1) is 0 Å². The molecule has 0 spiro atoms. The van der Waals surface area contributed by atoms with E-state index in [1.54, 1.807) is 0 Å². The van der Waals surface area contributed by atoms with Gasteiger partial charge in [-0.1, -0.05) is 34.1 Å². The molecule has 1 aromatic carbocycles. The zero-order valence-electron chi connectivity index (χ0n) is 11.1. The van der Waals surface area contributed by atoms with E-state index in [1.807, 2.05) is 24.3 Å². The van der Waals surface area contributed by atoms with E-state index >= 15 is 0 Å². The predicted molar refractivity (Wildman–Crippen MR) is 79.2 cm³/mol. The minimum atomic E-state index is -0.564. The Bertz CT molecular complexity index is 790. The number of benzene rings is 1. The van der Waals surface area contributed by atoms with E-state index in [1.165, 1.54) is 24.7 Å². The van der Waals surface area contributed by atoms with Gasteiger partial charge in [0.25, 0.3) is 5.56 Å². The van der Waals surface area contributed by atoms with Gasteiger partial charge in [-0.3, -0.25) is 18.7 Å². The maximum absolute atomic E-state index is 12.1. The molecule has 0 saturated carbocycles. The summed E-state index contributed by atoms with van der Waals surface area (Å²) in [4.78, 5) is 35.4. The number of halogens is 1. The van der Waals surface area contributed by atoms with Crippen LogP contribution in [0.1, 0.15) is 22.8 Å². The maximum atomic E-state index is 12.1. The Morgan fingerprint density at radius 3 is 2.50 bits per heavy atom. The van der Waals surface area contributed by atoms with Crippen LogP contribution in [-0.4, -0.2) is 14.9 Å². The third-order valence-electron chi connectivity index (χ3n) is 3.03. The molecule has 0 aliphatic carbocycles. The zero-order chi connectivity index (χ0) is 14.9. The number of carbonyl (C=O) groups is 1. The standard InChI is InChI=1S/C14H13BrN2O3/c1-9(18)11-8-17(14(20)16(2)13(11)19)7-10-5-3-4-6-12(10)15/h3-6,8H,7H2,1-2H3. The average Bonchev–Trinajstić information content (AvgIpc) is 2.41. The summed E-state index contributed by atoms with van der Waals surface area (Å²) in [6, 6.07) is 7.47. The highest BCUT2D eigenvalue weighted by molar-refractivity contribution is 9.10. The van der Waals surface area contributed by atoms with Crippen LogP contribution in [0.4, 0.5) is 0 Å². The molecular formula is C14H13BrN2O3. The Hall–Kier alpha value is -1.95. The minimum absolute atomic E-state index is 0.0131. The molecule has 0 fully saturated rings. The van der Waals surface area contributed by atoms with Gasteiger partial charge in [0.05, 0.1) is 12.1 Å². The molecule has 20 heavy (non-hydrogen) atoms. The second kappa shape index (κ2) is 5.58. The second-order valence-electron chi connectivity index (χ2n) is 4.47. The van der Waals surface area contributed by atoms with Gasteiger partial charge in [0.1, 0.15) is 0 Å². The molecule has 0 unspecified atom stereocenters. The lowest BCUT2D eigenvalue weighted by Crippen LogP contribution is -2.40. The van der Waals surface area contributed by atoms with Gasteiger partial charge in [0.15, 0.2) is 5.78 Å². The Morgan fingerprint density at radius 1 is 1.25 bits per heavy atom. The molecule has 0 bridgehead atoms. The van der Waals surface area contributed by atoms with Gasteiger partial charge in [0.2, 0.25) is 0 Å². The number of nitrogens with zero attached hydrogens (tertiary/aromatic N) is 2. The number of ketones is 1. The van der Waals surface area contributed by atoms with Crippen molar-refractivity contribution < 1.29 is 4.79 Å². The number of aromatic nitrogens is 2. The van der Waals surface area contributed by atoms with Crippen molar-refractivity contribution in [3.63, 3.8) is 0 Å². The fourth-order valence-corrected chi connectivity index (χ4v) is 2.30. The van der Waals surface area contributed by atoms with Crippen LogP contribution in [0.5, 0.6) is 0 Å². The van der Waals surface area contributed by atoms with Gasteiger partial charge in [0, 0.05) is 17.7 Å². The highest BCUT2D eigenvalue weighted by Gasteiger charge is 2.12. The smallest absolute Gasteiger partial charge is 0.295 e. The van der Waals surface area contributed by atoms with Gasteiger partial charge < -0.3 is 0 Å². The molecule has 0 aliphatic heterocycles. The normalized spacial score (nSPS) is 10.6. The van der Waals surface area contributed by atoms with E-state index in [0.717, 1.165) is 14.6 Å². The third kappa shape index (κ3) is 2.65. The Kier molecular flexibility index (Phi) is 4.04. The van der Waals surface area contributed by atoms with Crippen LogP contribution < -0.4 is 11.2 Å². The van der Waals surface area contributed by atoms with E-state index < -0.39 is 11.2 Å². The van der Waals surface area contributed by atoms with E-state index in [-0.39, 0.29) is 17.9 Å². The number of carbonyl (C=O) groups excluding carboxylic acids is 1. The molecule has 2 rings (SSSR count). The van der Waals surface area contributed by atoms with E-state index in [0.29, 0.717) is 0 Å². The highest BCUT2D eigenvalue weighted by Crippen LogP contribution is 2.16. The number of Topliss-reactive ketones (excluding diaryl/α,β-unsaturated/α-hetero) is 1. The summed E-state index contributed by atoms with van der Waals surface area (Å²) in [5.74, 6) is -0.355. The van der Waals surface area contributed by atoms with Crippen molar-refractivity contribution in [1.29, 1.82) is 0 Å². The van der Waals surface area contributed by atoms with Gasteiger partial charge in [-0.05, 0) is 18.6 Å². The van der Waals surface area contributed by atoms with Crippen molar-refractivity contribution in [1.82, 2.24) is 9.13 Å². The quantitative estimate of drug-likeness (QED) is 0.799. The maximum Gasteiger partial charge on any atom is 0.331 e. The summed E-state index contributed by atoms with van der Waals surface area (Å²) in [6.45, 7) is 1.60. The summed E-state index contributed by atoms with van der Waals surface area (Å²) in [5.41, 5.74) is -0.108. The summed E-state index contributed by atoms with van der Waals surface area (Å²) < 4.78 is 3.18. The van der Waals surface area contributed by atoms with E-state index in [9.17, 15) is 14.4 Å². The van der Waals surface area contributed by atoms with Crippen molar-refractivity contribution in [3.8, 4) is 0 Å². The van der Waals surface area contributed by atoms with Gasteiger partial charge in [-0.2, -0.15) is 0 Å². The van der Waals surface area contributed by atoms with Crippen LogP contribution in [-0.2, 0) is 13.6 Å². The van der Waals surface area contributed by atoms with Crippen LogP contribution >= 0.6 is 15.9 Å². The predicted octanol–water partition coefficient (Wildman–Crippen LogP) is 1.56. The van der Waals surface area contributed by atoms with Crippen LogP contribution in [0.15, 0.2) is 44.5 Å². The first-order valence-electron chi connectivity index (χ1n) is 5.96. The Labute approximate surface area is 123 Å². The highest BCUT2D eigenvalue weighted by atomic mass is 79.9. The molecule has 0 radical (unpaired) electrons. The molecule has 0 N–H and O–H groups in total. The third-order valence-corrected chi connectivity index (χ3v) is 3.80.